The standard InChI is InChI=1S/C26H36N6/c1-4-23-7-10-25(20-26(23)30-14-1)31-24-8-5-22(6-9-24)21-32-18-3-13-28-16-15-27-11-2-12-29-17-19-32/h1,4-10,14,20,27-29,31H,2-3,11-13,15-19,21H2. The Morgan fingerprint density at radius 2 is 1.50 bits per heavy atom. The molecule has 4 N–H and O–H groups in total. The quantitative estimate of drug-likeness (QED) is 0.507. The Hall–Kier alpha value is -2.51. The van der Waals surface area contributed by atoms with Gasteiger partial charge < -0.3 is 21.3 Å². The first-order valence-electron chi connectivity index (χ1n) is 11.9. The van der Waals surface area contributed by atoms with Crippen molar-refractivity contribution in [1.29, 1.82) is 0 Å². The zero-order chi connectivity index (χ0) is 21.8. The molecule has 0 unspecified atom stereocenters. The molecule has 0 spiro atoms. The molecule has 1 saturated heterocycles. The predicted octanol–water partition coefficient (Wildman–Crippen LogP) is 3.34. The fourth-order valence-electron chi connectivity index (χ4n) is 4.09. The van der Waals surface area contributed by atoms with E-state index in [1.54, 1.807) is 0 Å². The normalized spacial score (nSPS) is 17.6. The number of nitrogens with one attached hydrogen (secondary N) is 4. The zero-order valence-electron chi connectivity index (χ0n) is 18.9. The van der Waals surface area contributed by atoms with E-state index in [-0.39, 0.29) is 0 Å². The van der Waals surface area contributed by atoms with Crippen LogP contribution >= 0.6 is 0 Å². The molecule has 2 heterocycles. The average Bonchev–Trinajstić information content (AvgIpc) is 2.82. The molecule has 0 bridgehead atoms. The van der Waals surface area contributed by atoms with E-state index >= 15 is 0 Å². The van der Waals surface area contributed by atoms with Crippen molar-refractivity contribution in [3.05, 3.63) is 66.4 Å². The van der Waals surface area contributed by atoms with Crippen molar-refractivity contribution in [3.8, 4) is 0 Å². The van der Waals surface area contributed by atoms with Gasteiger partial charge in [0, 0.05) is 55.7 Å². The fraction of sp³-hybridized carbons (Fsp3) is 0.423. The smallest absolute Gasteiger partial charge is 0.0722 e. The molecular weight excluding hydrogens is 396 g/mol. The van der Waals surface area contributed by atoms with Gasteiger partial charge in [-0.2, -0.15) is 0 Å². The first-order valence-corrected chi connectivity index (χ1v) is 11.9. The first-order chi connectivity index (χ1) is 15.9. The highest BCUT2D eigenvalue weighted by molar-refractivity contribution is 5.83. The Morgan fingerprint density at radius 3 is 2.34 bits per heavy atom. The summed E-state index contributed by atoms with van der Waals surface area (Å²) in [5.74, 6) is 0. The van der Waals surface area contributed by atoms with Crippen LogP contribution in [0.3, 0.4) is 0 Å². The predicted molar refractivity (Wildman–Crippen MR) is 135 cm³/mol. The van der Waals surface area contributed by atoms with Gasteiger partial charge in [-0.25, -0.2) is 0 Å². The molecule has 170 valence electrons. The van der Waals surface area contributed by atoms with Crippen LogP contribution in [0.15, 0.2) is 60.8 Å². The number of pyridine rings is 1. The van der Waals surface area contributed by atoms with E-state index in [2.05, 4.69) is 79.7 Å². The fourth-order valence-corrected chi connectivity index (χ4v) is 4.09. The van der Waals surface area contributed by atoms with Crippen molar-refractivity contribution in [2.24, 2.45) is 0 Å². The number of nitrogens with zero attached hydrogens (tertiary/aromatic N) is 2. The van der Waals surface area contributed by atoms with Crippen LogP contribution in [0, 0.1) is 0 Å². The number of aromatic nitrogens is 1. The molecule has 1 aliphatic rings. The summed E-state index contributed by atoms with van der Waals surface area (Å²) in [6, 6.07) is 19.2. The molecule has 6 heteroatoms. The van der Waals surface area contributed by atoms with Crippen molar-refractivity contribution in [2.45, 2.75) is 19.4 Å². The summed E-state index contributed by atoms with van der Waals surface area (Å²) in [5.41, 5.74) is 4.53. The summed E-state index contributed by atoms with van der Waals surface area (Å²) in [4.78, 5) is 7.02. The Kier molecular flexibility index (Phi) is 8.86. The maximum atomic E-state index is 4.45. The summed E-state index contributed by atoms with van der Waals surface area (Å²) >= 11 is 0. The number of fused-ring (bicyclic) bond motifs is 1. The zero-order valence-corrected chi connectivity index (χ0v) is 18.9. The van der Waals surface area contributed by atoms with Gasteiger partial charge in [0.05, 0.1) is 5.52 Å². The lowest BCUT2D eigenvalue weighted by molar-refractivity contribution is 0.260. The van der Waals surface area contributed by atoms with Crippen molar-refractivity contribution in [1.82, 2.24) is 25.8 Å². The summed E-state index contributed by atoms with van der Waals surface area (Å²) in [7, 11) is 0. The number of benzene rings is 2. The first kappa shape index (κ1) is 22.7. The van der Waals surface area contributed by atoms with Gasteiger partial charge in [-0.3, -0.25) is 9.88 Å². The minimum atomic E-state index is 0.989. The van der Waals surface area contributed by atoms with Crippen LogP contribution in [0.5, 0.6) is 0 Å². The van der Waals surface area contributed by atoms with Gasteiger partial charge in [-0.05, 0) is 74.9 Å². The lowest BCUT2D eigenvalue weighted by Gasteiger charge is -2.23. The lowest BCUT2D eigenvalue weighted by atomic mass is 10.1. The molecule has 32 heavy (non-hydrogen) atoms. The Labute approximate surface area is 191 Å². The molecule has 1 aromatic heterocycles. The van der Waals surface area contributed by atoms with Crippen LogP contribution < -0.4 is 21.3 Å². The summed E-state index contributed by atoms with van der Waals surface area (Å²) < 4.78 is 0. The minimum Gasteiger partial charge on any atom is -0.355 e. The molecule has 0 saturated carbocycles. The summed E-state index contributed by atoms with van der Waals surface area (Å²) in [6.07, 6.45) is 4.20. The largest absolute Gasteiger partial charge is 0.355 e. The molecule has 6 nitrogen and oxygen atoms in total. The second kappa shape index (κ2) is 12.5. The van der Waals surface area contributed by atoms with Crippen molar-refractivity contribution in [2.75, 3.05) is 57.7 Å². The third-order valence-corrected chi connectivity index (χ3v) is 5.87. The second-order valence-electron chi connectivity index (χ2n) is 8.47. The molecule has 4 rings (SSSR count). The van der Waals surface area contributed by atoms with Gasteiger partial charge in [0.25, 0.3) is 0 Å². The van der Waals surface area contributed by atoms with Crippen LogP contribution in [0.1, 0.15) is 18.4 Å². The van der Waals surface area contributed by atoms with Gasteiger partial charge in [-0.15, -0.1) is 0 Å². The van der Waals surface area contributed by atoms with E-state index in [0.29, 0.717) is 0 Å². The average molecular weight is 433 g/mol. The number of anilines is 2. The highest BCUT2D eigenvalue weighted by atomic mass is 15.1. The van der Waals surface area contributed by atoms with E-state index in [0.717, 1.165) is 81.2 Å². The van der Waals surface area contributed by atoms with Gasteiger partial charge in [-0.1, -0.05) is 24.3 Å². The highest BCUT2D eigenvalue weighted by Gasteiger charge is 2.07. The molecule has 0 atom stereocenters. The summed E-state index contributed by atoms with van der Waals surface area (Å²) in [5, 5.41) is 15.3. The van der Waals surface area contributed by atoms with E-state index in [4.69, 9.17) is 0 Å². The van der Waals surface area contributed by atoms with Gasteiger partial charge in [0.2, 0.25) is 0 Å². The molecule has 2 aromatic carbocycles. The van der Waals surface area contributed by atoms with E-state index in [9.17, 15) is 0 Å². The number of hydrogen-bond donors (Lipinski definition) is 4. The van der Waals surface area contributed by atoms with Crippen LogP contribution in [0.4, 0.5) is 11.4 Å². The van der Waals surface area contributed by atoms with Gasteiger partial charge in [0.15, 0.2) is 0 Å². The minimum absolute atomic E-state index is 0.989. The third-order valence-electron chi connectivity index (χ3n) is 5.87. The Bertz CT molecular complexity index is 928. The molecular formula is C26H36N6. The molecule has 0 amide bonds. The monoisotopic (exact) mass is 432 g/mol. The second-order valence-corrected chi connectivity index (χ2v) is 8.47. The topological polar surface area (TPSA) is 64.2 Å². The molecule has 3 aromatic rings. The maximum Gasteiger partial charge on any atom is 0.0722 e. The number of rotatable bonds is 4. The SMILES string of the molecule is c1cnc2cc(Nc3ccc(CN4CCCNCCNCCCNCC4)cc3)ccc2c1. The Morgan fingerprint density at radius 1 is 0.750 bits per heavy atom. The van der Waals surface area contributed by atoms with E-state index < -0.39 is 0 Å². The highest BCUT2D eigenvalue weighted by Crippen LogP contribution is 2.21. The maximum absolute atomic E-state index is 4.45. The number of hydrogen-bond acceptors (Lipinski definition) is 6. The molecule has 1 aliphatic heterocycles. The van der Waals surface area contributed by atoms with E-state index in [1.807, 2.05) is 12.3 Å². The van der Waals surface area contributed by atoms with Crippen molar-refractivity contribution in [3.63, 3.8) is 0 Å². The summed E-state index contributed by atoms with van der Waals surface area (Å²) in [6.45, 7) is 9.59. The molecule has 1 fully saturated rings. The van der Waals surface area contributed by atoms with Crippen LogP contribution in [0.25, 0.3) is 10.9 Å². The lowest BCUT2D eigenvalue weighted by Crippen LogP contribution is -2.36. The molecule has 0 radical (unpaired) electrons. The van der Waals surface area contributed by atoms with Crippen molar-refractivity contribution >= 4 is 22.3 Å². The van der Waals surface area contributed by atoms with Crippen LogP contribution in [-0.4, -0.2) is 62.2 Å². The van der Waals surface area contributed by atoms with Gasteiger partial charge in [0.1, 0.15) is 0 Å². The van der Waals surface area contributed by atoms with Crippen LogP contribution in [-0.2, 0) is 6.54 Å². The van der Waals surface area contributed by atoms with Crippen molar-refractivity contribution < 1.29 is 0 Å². The van der Waals surface area contributed by atoms with Crippen LogP contribution in [0.2, 0.25) is 0 Å². The van der Waals surface area contributed by atoms with E-state index in [1.165, 1.54) is 18.4 Å². The Balaban J connectivity index is 1.32. The molecule has 0 aliphatic carbocycles. The third kappa shape index (κ3) is 7.28. The van der Waals surface area contributed by atoms with Gasteiger partial charge >= 0.3 is 0 Å².